The van der Waals surface area contributed by atoms with Crippen LogP contribution in [-0.2, 0) is 13.1 Å². The van der Waals surface area contributed by atoms with Gasteiger partial charge in [-0.15, -0.1) is 0 Å². The lowest BCUT2D eigenvalue weighted by Crippen LogP contribution is -2.46. The SMILES string of the molecule is CCNC(=NCc1cccc(Cn2cncn2)c1)NC1CC2(CCCC2)Oc2ccccc21. The largest absolute Gasteiger partial charge is 0.487 e. The van der Waals surface area contributed by atoms with Crippen LogP contribution in [0, 0.1) is 0 Å². The van der Waals surface area contributed by atoms with E-state index in [0.717, 1.165) is 37.5 Å². The average molecular weight is 445 g/mol. The van der Waals surface area contributed by atoms with Gasteiger partial charge in [-0.2, -0.15) is 5.10 Å². The van der Waals surface area contributed by atoms with E-state index < -0.39 is 0 Å². The number of aliphatic imine (C=N–C) groups is 1. The summed E-state index contributed by atoms with van der Waals surface area (Å²) in [6.45, 7) is 4.23. The van der Waals surface area contributed by atoms with Crippen molar-refractivity contribution in [2.24, 2.45) is 4.99 Å². The van der Waals surface area contributed by atoms with Gasteiger partial charge < -0.3 is 15.4 Å². The van der Waals surface area contributed by atoms with Gasteiger partial charge in [0.05, 0.1) is 19.1 Å². The smallest absolute Gasteiger partial charge is 0.192 e. The van der Waals surface area contributed by atoms with Gasteiger partial charge in [0.1, 0.15) is 24.0 Å². The predicted molar refractivity (Wildman–Crippen MR) is 129 cm³/mol. The van der Waals surface area contributed by atoms with Crippen molar-refractivity contribution in [1.82, 2.24) is 25.4 Å². The fraction of sp³-hybridized carbons (Fsp3) is 0.423. The lowest BCUT2D eigenvalue weighted by Gasteiger charge is -2.40. The van der Waals surface area contributed by atoms with Crippen molar-refractivity contribution < 1.29 is 4.74 Å². The third kappa shape index (κ3) is 5.02. The third-order valence-corrected chi connectivity index (χ3v) is 6.59. The van der Waals surface area contributed by atoms with Gasteiger partial charge in [0, 0.05) is 18.5 Å². The number of para-hydroxylation sites is 1. The molecule has 7 nitrogen and oxygen atoms in total. The van der Waals surface area contributed by atoms with Gasteiger partial charge in [-0.3, -0.25) is 0 Å². The summed E-state index contributed by atoms with van der Waals surface area (Å²) in [7, 11) is 0. The van der Waals surface area contributed by atoms with Gasteiger partial charge in [-0.05, 0) is 49.8 Å². The maximum absolute atomic E-state index is 6.53. The zero-order valence-electron chi connectivity index (χ0n) is 19.2. The number of benzene rings is 2. The normalized spacial score (nSPS) is 19.2. The first kappa shape index (κ1) is 21.5. The zero-order chi connectivity index (χ0) is 22.5. The van der Waals surface area contributed by atoms with E-state index in [-0.39, 0.29) is 11.6 Å². The number of aromatic nitrogens is 3. The quantitative estimate of drug-likeness (QED) is 0.440. The Bertz CT molecular complexity index is 1090. The number of nitrogens with zero attached hydrogens (tertiary/aromatic N) is 4. The monoisotopic (exact) mass is 444 g/mol. The van der Waals surface area contributed by atoms with E-state index in [2.05, 4.69) is 76.2 Å². The van der Waals surface area contributed by atoms with E-state index in [1.54, 1.807) is 12.7 Å². The number of ether oxygens (including phenoxy) is 1. The van der Waals surface area contributed by atoms with E-state index in [4.69, 9.17) is 9.73 Å². The molecule has 0 bridgehead atoms. The summed E-state index contributed by atoms with van der Waals surface area (Å²) in [4.78, 5) is 8.95. The molecule has 1 spiro atoms. The molecule has 33 heavy (non-hydrogen) atoms. The molecular formula is C26H32N6O. The molecule has 2 aromatic carbocycles. The molecule has 1 aromatic heterocycles. The summed E-state index contributed by atoms with van der Waals surface area (Å²) in [5.41, 5.74) is 3.53. The summed E-state index contributed by atoms with van der Waals surface area (Å²) in [5.74, 6) is 1.86. The number of fused-ring (bicyclic) bond motifs is 1. The second kappa shape index (κ2) is 9.65. The fourth-order valence-corrected chi connectivity index (χ4v) is 5.06. The molecule has 1 aliphatic heterocycles. The van der Waals surface area contributed by atoms with Crippen LogP contribution in [0.3, 0.4) is 0 Å². The number of guanidine groups is 1. The Morgan fingerprint density at radius 1 is 1.15 bits per heavy atom. The molecule has 1 atom stereocenters. The molecule has 1 aliphatic carbocycles. The molecule has 1 unspecified atom stereocenters. The Hall–Kier alpha value is -3.35. The molecule has 0 amide bonds. The molecule has 1 fully saturated rings. The first-order valence-corrected chi connectivity index (χ1v) is 12.0. The second-order valence-corrected chi connectivity index (χ2v) is 9.04. The highest BCUT2D eigenvalue weighted by Gasteiger charge is 2.43. The minimum absolute atomic E-state index is 0.0426. The number of nitrogens with one attached hydrogen (secondary N) is 2. The fourth-order valence-electron chi connectivity index (χ4n) is 5.06. The van der Waals surface area contributed by atoms with E-state index in [1.165, 1.54) is 29.5 Å². The first-order chi connectivity index (χ1) is 16.2. The van der Waals surface area contributed by atoms with Crippen molar-refractivity contribution in [3.05, 3.63) is 77.9 Å². The maximum atomic E-state index is 6.53. The topological polar surface area (TPSA) is 76.4 Å². The molecule has 2 heterocycles. The Kier molecular flexibility index (Phi) is 6.28. The number of hydrogen-bond donors (Lipinski definition) is 2. The van der Waals surface area contributed by atoms with Crippen LogP contribution in [-0.4, -0.2) is 32.9 Å². The lowest BCUT2D eigenvalue weighted by atomic mass is 9.86. The van der Waals surface area contributed by atoms with Crippen molar-refractivity contribution in [2.45, 2.75) is 63.8 Å². The van der Waals surface area contributed by atoms with Gasteiger partial charge >= 0.3 is 0 Å². The van der Waals surface area contributed by atoms with E-state index in [0.29, 0.717) is 13.1 Å². The lowest BCUT2D eigenvalue weighted by molar-refractivity contribution is 0.0396. The van der Waals surface area contributed by atoms with Gasteiger partial charge in [-0.25, -0.2) is 14.7 Å². The summed E-state index contributed by atoms with van der Waals surface area (Å²) in [6.07, 6.45) is 9.02. The third-order valence-electron chi connectivity index (χ3n) is 6.59. The number of rotatable bonds is 6. The van der Waals surface area contributed by atoms with Gasteiger partial charge in [0.2, 0.25) is 0 Å². The Balaban J connectivity index is 1.33. The van der Waals surface area contributed by atoms with E-state index >= 15 is 0 Å². The summed E-state index contributed by atoms with van der Waals surface area (Å²) < 4.78 is 8.35. The van der Waals surface area contributed by atoms with Crippen molar-refractivity contribution in [1.29, 1.82) is 0 Å². The molecule has 7 heteroatoms. The summed E-state index contributed by atoms with van der Waals surface area (Å²) >= 11 is 0. The van der Waals surface area contributed by atoms with Gasteiger partial charge in [0.15, 0.2) is 5.96 Å². The minimum atomic E-state index is -0.0426. The molecule has 3 aromatic rings. The van der Waals surface area contributed by atoms with Crippen LogP contribution in [0.15, 0.2) is 66.2 Å². The highest BCUT2D eigenvalue weighted by Crippen LogP contribution is 2.46. The predicted octanol–water partition coefficient (Wildman–Crippen LogP) is 4.22. The van der Waals surface area contributed by atoms with Crippen molar-refractivity contribution >= 4 is 5.96 Å². The van der Waals surface area contributed by atoms with E-state index in [1.807, 2.05) is 4.68 Å². The van der Waals surface area contributed by atoms with E-state index in [9.17, 15) is 0 Å². The maximum Gasteiger partial charge on any atom is 0.192 e. The zero-order valence-corrected chi connectivity index (χ0v) is 19.2. The average Bonchev–Trinajstić information content (AvgIpc) is 3.50. The Labute approximate surface area is 195 Å². The molecule has 2 aliphatic rings. The summed E-state index contributed by atoms with van der Waals surface area (Å²) in [6, 6.07) is 17.1. The van der Waals surface area contributed by atoms with Crippen LogP contribution in [0.2, 0.25) is 0 Å². The molecular weight excluding hydrogens is 412 g/mol. The highest BCUT2D eigenvalue weighted by molar-refractivity contribution is 5.80. The van der Waals surface area contributed by atoms with Gasteiger partial charge in [0.25, 0.3) is 0 Å². The molecule has 172 valence electrons. The van der Waals surface area contributed by atoms with Crippen LogP contribution in [0.1, 0.15) is 61.8 Å². The first-order valence-electron chi connectivity index (χ1n) is 12.0. The molecule has 0 radical (unpaired) electrons. The Morgan fingerprint density at radius 3 is 2.82 bits per heavy atom. The highest BCUT2D eigenvalue weighted by atomic mass is 16.5. The standard InChI is InChI=1S/C26H32N6O/c1-2-28-25(29-16-20-8-7-9-21(14-20)17-32-19-27-18-30-32)31-23-15-26(12-5-6-13-26)33-24-11-4-3-10-22(23)24/h3-4,7-11,14,18-19,23H,2,5-6,12-13,15-17H2,1H3,(H2,28,29,31). The van der Waals surface area contributed by atoms with Crippen LogP contribution >= 0.6 is 0 Å². The van der Waals surface area contributed by atoms with Gasteiger partial charge in [-0.1, -0.05) is 42.5 Å². The van der Waals surface area contributed by atoms with Crippen molar-refractivity contribution in [3.8, 4) is 5.75 Å². The molecule has 2 N–H and O–H groups in total. The molecule has 1 saturated carbocycles. The molecule has 0 saturated heterocycles. The Morgan fingerprint density at radius 2 is 2.00 bits per heavy atom. The van der Waals surface area contributed by atoms with Crippen LogP contribution < -0.4 is 15.4 Å². The van der Waals surface area contributed by atoms with Crippen molar-refractivity contribution in [3.63, 3.8) is 0 Å². The number of hydrogen-bond acceptors (Lipinski definition) is 4. The summed E-state index contributed by atoms with van der Waals surface area (Å²) in [5, 5.41) is 11.4. The minimum Gasteiger partial charge on any atom is -0.487 e. The van der Waals surface area contributed by atoms with Crippen LogP contribution in [0.4, 0.5) is 0 Å². The van der Waals surface area contributed by atoms with Crippen LogP contribution in [0.5, 0.6) is 5.75 Å². The van der Waals surface area contributed by atoms with Crippen LogP contribution in [0.25, 0.3) is 0 Å². The second-order valence-electron chi connectivity index (χ2n) is 9.04. The molecule has 5 rings (SSSR count). The van der Waals surface area contributed by atoms with Crippen molar-refractivity contribution in [2.75, 3.05) is 6.54 Å².